The first kappa shape index (κ1) is 15.0. The van der Waals surface area contributed by atoms with Crippen LogP contribution in [0.3, 0.4) is 0 Å². The van der Waals surface area contributed by atoms with Gasteiger partial charge in [0.05, 0.1) is 0 Å². The molecule has 0 radical (unpaired) electrons. The van der Waals surface area contributed by atoms with Crippen molar-refractivity contribution >= 4 is 11.8 Å². The molecule has 4 nitrogen and oxygen atoms in total. The van der Waals surface area contributed by atoms with E-state index in [1.54, 1.807) is 0 Å². The molecule has 18 heavy (non-hydrogen) atoms. The van der Waals surface area contributed by atoms with Crippen LogP contribution in [0.15, 0.2) is 0 Å². The average molecular weight is 254 g/mol. The lowest BCUT2D eigenvalue weighted by Crippen LogP contribution is -2.52. The van der Waals surface area contributed by atoms with E-state index in [1.165, 1.54) is 0 Å². The van der Waals surface area contributed by atoms with E-state index in [1.807, 2.05) is 32.6 Å². The summed E-state index contributed by atoms with van der Waals surface area (Å²) in [6, 6.07) is -0.414. The lowest BCUT2D eigenvalue weighted by Gasteiger charge is -2.34. The Morgan fingerprint density at radius 3 is 2.44 bits per heavy atom. The van der Waals surface area contributed by atoms with Gasteiger partial charge in [-0.1, -0.05) is 34.1 Å². The van der Waals surface area contributed by atoms with E-state index in [0.29, 0.717) is 6.42 Å². The van der Waals surface area contributed by atoms with Crippen molar-refractivity contribution in [2.24, 2.45) is 5.41 Å². The minimum absolute atomic E-state index is 0.00333. The largest absolute Gasteiger partial charge is 0.344 e. The van der Waals surface area contributed by atoms with Crippen molar-refractivity contribution in [3.63, 3.8) is 0 Å². The third-order valence-electron chi connectivity index (χ3n) is 3.47. The molecule has 0 bridgehead atoms. The first-order valence-electron chi connectivity index (χ1n) is 6.87. The predicted molar refractivity (Wildman–Crippen MR) is 72.1 cm³/mol. The number of unbranched alkanes of at least 4 members (excludes halogenated alkanes) is 1. The zero-order chi connectivity index (χ0) is 13.9. The molecule has 1 aliphatic heterocycles. The van der Waals surface area contributed by atoms with Crippen LogP contribution in [-0.2, 0) is 9.59 Å². The van der Waals surface area contributed by atoms with Crippen molar-refractivity contribution in [1.29, 1.82) is 0 Å². The summed E-state index contributed by atoms with van der Waals surface area (Å²) < 4.78 is 0. The Kier molecular flexibility index (Phi) is 4.77. The van der Waals surface area contributed by atoms with Crippen LogP contribution >= 0.6 is 0 Å². The average Bonchev–Trinajstić information content (AvgIpc) is 2.33. The molecule has 1 rings (SSSR count). The van der Waals surface area contributed by atoms with E-state index in [-0.39, 0.29) is 23.3 Å². The number of carbonyl (C=O) groups is 2. The summed E-state index contributed by atoms with van der Waals surface area (Å²) in [5, 5.41) is 2.88. The summed E-state index contributed by atoms with van der Waals surface area (Å²) in [6.07, 6.45) is 2.45. The van der Waals surface area contributed by atoms with Crippen LogP contribution in [0.4, 0.5) is 0 Å². The van der Waals surface area contributed by atoms with Gasteiger partial charge in [0.1, 0.15) is 6.04 Å². The summed E-state index contributed by atoms with van der Waals surface area (Å²) in [7, 11) is 0. The molecule has 0 aromatic carbocycles. The highest BCUT2D eigenvalue weighted by atomic mass is 16.2. The minimum Gasteiger partial charge on any atom is -0.344 e. The highest BCUT2D eigenvalue weighted by molar-refractivity contribution is 5.91. The van der Waals surface area contributed by atoms with Gasteiger partial charge in [0, 0.05) is 19.0 Å². The Hall–Kier alpha value is -1.06. The van der Waals surface area contributed by atoms with E-state index in [9.17, 15) is 9.59 Å². The molecule has 2 unspecified atom stereocenters. The van der Waals surface area contributed by atoms with Crippen molar-refractivity contribution in [1.82, 2.24) is 10.2 Å². The maximum atomic E-state index is 12.6. The zero-order valence-electron chi connectivity index (χ0n) is 12.2. The highest BCUT2D eigenvalue weighted by Crippen LogP contribution is 2.25. The Morgan fingerprint density at radius 1 is 1.33 bits per heavy atom. The fourth-order valence-electron chi connectivity index (χ4n) is 2.29. The number of rotatable bonds is 3. The first-order valence-corrected chi connectivity index (χ1v) is 6.87. The second-order valence-corrected chi connectivity index (χ2v) is 6.30. The van der Waals surface area contributed by atoms with Gasteiger partial charge in [0.15, 0.2) is 0 Å². The highest BCUT2D eigenvalue weighted by Gasteiger charge is 2.39. The maximum Gasteiger partial charge on any atom is 0.245 e. The summed E-state index contributed by atoms with van der Waals surface area (Å²) in [5.74, 6) is 0.0454. The molecule has 1 fully saturated rings. The number of nitrogens with one attached hydrogen (secondary N) is 1. The van der Waals surface area contributed by atoms with Crippen molar-refractivity contribution in [2.75, 3.05) is 6.54 Å². The molecule has 2 atom stereocenters. The molecule has 104 valence electrons. The molecule has 0 spiro atoms. The maximum absolute atomic E-state index is 12.6. The molecule has 4 heteroatoms. The van der Waals surface area contributed by atoms with Crippen molar-refractivity contribution in [3.8, 4) is 0 Å². The fourth-order valence-corrected chi connectivity index (χ4v) is 2.29. The van der Waals surface area contributed by atoms with Gasteiger partial charge in [-0.2, -0.15) is 0 Å². The van der Waals surface area contributed by atoms with Gasteiger partial charge in [-0.15, -0.1) is 0 Å². The second-order valence-electron chi connectivity index (χ2n) is 6.30. The molecular weight excluding hydrogens is 228 g/mol. The Bertz CT molecular complexity index is 320. The molecule has 2 amide bonds. The SMILES string of the molecule is CCCCN1C(=O)C(C(C)(C)C)NC(=O)CC1C. The van der Waals surface area contributed by atoms with E-state index in [2.05, 4.69) is 12.2 Å². The lowest BCUT2D eigenvalue weighted by molar-refractivity contribution is -0.137. The van der Waals surface area contributed by atoms with Crippen LogP contribution in [0.5, 0.6) is 0 Å². The Labute approximate surface area is 110 Å². The van der Waals surface area contributed by atoms with Gasteiger partial charge in [0.2, 0.25) is 11.8 Å². The van der Waals surface area contributed by atoms with E-state index >= 15 is 0 Å². The first-order chi connectivity index (χ1) is 8.27. The van der Waals surface area contributed by atoms with Gasteiger partial charge in [-0.05, 0) is 18.8 Å². The van der Waals surface area contributed by atoms with Gasteiger partial charge in [-0.25, -0.2) is 0 Å². The molecule has 1 N–H and O–H groups in total. The van der Waals surface area contributed by atoms with Gasteiger partial charge < -0.3 is 10.2 Å². The number of nitrogens with zero attached hydrogens (tertiary/aromatic N) is 1. The van der Waals surface area contributed by atoms with Crippen LogP contribution in [0, 0.1) is 5.41 Å². The fraction of sp³-hybridized carbons (Fsp3) is 0.857. The van der Waals surface area contributed by atoms with Gasteiger partial charge in [0.25, 0.3) is 0 Å². The van der Waals surface area contributed by atoms with Crippen molar-refractivity contribution in [2.45, 2.75) is 66.0 Å². The third kappa shape index (κ3) is 3.47. The van der Waals surface area contributed by atoms with Crippen molar-refractivity contribution in [3.05, 3.63) is 0 Å². The molecule has 0 saturated carbocycles. The van der Waals surface area contributed by atoms with Crippen LogP contribution in [-0.4, -0.2) is 35.3 Å². The van der Waals surface area contributed by atoms with E-state index < -0.39 is 6.04 Å². The molecule has 0 aliphatic carbocycles. The van der Waals surface area contributed by atoms with Gasteiger partial charge in [-0.3, -0.25) is 9.59 Å². The summed E-state index contributed by atoms with van der Waals surface area (Å²) in [5.41, 5.74) is -0.249. The number of carbonyl (C=O) groups excluding carboxylic acids is 2. The molecular formula is C14H26N2O2. The topological polar surface area (TPSA) is 49.4 Å². The van der Waals surface area contributed by atoms with E-state index in [0.717, 1.165) is 19.4 Å². The number of hydrogen-bond acceptors (Lipinski definition) is 2. The molecule has 1 aliphatic rings. The van der Waals surface area contributed by atoms with Crippen LogP contribution in [0.1, 0.15) is 53.9 Å². The lowest BCUT2D eigenvalue weighted by atomic mass is 9.86. The van der Waals surface area contributed by atoms with Crippen LogP contribution in [0.25, 0.3) is 0 Å². The standard InChI is InChI=1S/C14H26N2O2/c1-6-7-8-16-10(2)9-11(17)15-12(13(16)18)14(3,4)5/h10,12H,6-9H2,1-5H3,(H,15,17). The Balaban J connectivity index is 2.94. The monoisotopic (exact) mass is 254 g/mol. The molecule has 0 aromatic rings. The smallest absolute Gasteiger partial charge is 0.245 e. The normalized spacial score (nSPS) is 25.9. The number of hydrogen-bond donors (Lipinski definition) is 1. The molecule has 1 heterocycles. The summed E-state index contributed by atoms with van der Waals surface area (Å²) in [4.78, 5) is 26.3. The number of amides is 2. The van der Waals surface area contributed by atoms with Crippen LogP contribution in [0.2, 0.25) is 0 Å². The minimum atomic E-state index is -0.410. The van der Waals surface area contributed by atoms with E-state index in [4.69, 9.17) is 0 Å². The van der Waals surface area contributed by atoms with Crippen LogP contribution < -0.4 is 5.32 Å². The Morgan fingerprint density at radius 2 is 1.94 bits per heavy atom. The van der Waals surface area contributed by atoms with Gasteiger partial charge >= 0.3 is 0 Å². The quantitative estimate of drug-likeness (QED) is 0.836. The second kappa shape index (κ2) is 5.72. The zero-order valence-corrected chi connectivity index (χ0v) is 12.2. The third-order valence-corrected chi connectivity index (χ3v) is 3.47. The molecule has 1 saturated heterocycles. The summed E-state index contributed by atoms with van der Waals surface area (Å²) in [6.45, 7) is 10.8. The molecule has 0 aromatic heterocycles. The summed E-state index contributed by atoms with van der Waals surface area (Å²) >= 11 is 0. The predicted octanol–water partition coefficient (Wildman–Crippen LogP) is 1.94. The van der Waals surface area contributed by atoms with Crippen molar-refractivity contribution < 1.29 is 9.59 Å².